The molecule has 2 aromatic carbocycles. The lowest BCUT2D eigenvalue weighted by Crippen LogP contribution is -2.25. The summed E-state index contributed by atoms with van der Waals surface area (Å²) in [5.74, 6) is 0.392. The van der Waals surface area contributed by atoms with E-state index in [1.54, 1.807) is 43.5 Å². The van der Waals surface area contributed by atoms with E-state index in [1.165, 1.54) is 6.07 Å². The van der Waals surface area contributed by atoms with E-state index in [0.717, 1.165) is 16.5 Å². The van der Waals surface area contributed by atoms with Crippen LogP contribution in [0.4, 0.5) is 5.69 Å². The average Bonchev–Trinajstić information content (AvgIpc) is 3.14. The van der Waals surface area contributed by atoms with Crippen LogP contribution in [0.5, 0.6) is 5.75 Å². The van der Waals surface area contributed by atoms with E-state index in [9.17, 15) is 14.9 Å². The van der Waals surface area contributed by atoms with Crippen LogP contribution >= 0.6 is 15.9 Å². The van der Waals surface area contributed by atoms with Crippen LogP contribution in [0.15, 0.2) is 59.3 Å². The normalized spacial score (nSPS) is 10.6. The Hall–Kier alpha value is -3.20. The zero-order valence-corrected chi connectivity index (χ0v) is 18.0. The lowest BCUT2D eigenvalue weighted by Gasteiger charge is -2.09. The third kappa shape index (κ3) is 5.90. The maximum absolute atomic E-state index is 12.4. The van der Waals surface area contributed by atoms with Crippen molar-refractivity contribution in [3.63, 3.8) is 0 Å². The molecule has 0 saturated carbocycles. The quantitative estimate of drug-likeness (QED) is 0.285. The monoisotopic (exact) mass is 472 g/mol. The molecule has 1 aromatic heterocycles. The number of carbonyl (C=O) groups excluding carboxylic acids is 1. The van der Waals surface area contributed by atoms with Crippen LogP contribution in [0.3, 0.4) is 0 Å². The Bertz CT molecular complexity index is 1050. The number of nitro groups is 1. The van der Waals surface area contributed by atoms with E-state index in [1.807, 2.05) is 16.9 Å². The first kappa shape index (κ1) is 21.5. The number of halogens is 1. The number of hydrogen-bond acceptors (Lipinski definition) is 5. The van der Waals surface area contributed by atoms with Gasteiger partial charge in [0, 0.05) is 36.5 Å². The molecule has 1 amide bonds. The minimum atomic E-state index is -0.421. The molecular formula is C21H21BrN4O4. The van der Waals surface area contributed by atoms with Gasteiger partial charge >= 0.3 is 0 Å². The molecule has 0 fully saturated rings. The summed E-state index contributed by atoms with van der Waals surface area (Å²) >= 11 is 3.35. The molecule has 0 unspecified atom stereocenters. The molecule has 0 spiro atoms. The lowest BCUT2D eigenvalue weighted by atomic mass is 10.1. The third-order valence-corrected chi connectivity index (χ3v) is 4.82. The van der Waals surface area contributed by atoms with E-state index < -0.39 is 4.92 Å². The molecule has 1 N–H and O–H groups in total. The molecule has 0 atom stereocenters. The molecule has 30 heavy (non-hydrogen) atoms. The Morgan fingerprint density at radius 2 is 2.13 bits per heavy atom. The molecule has 3 rings (SSSR count). The summed E-state index contributed by atoms with van der Waals surface area (Å²) in [5.41, 5.74) is 1.98. The SMILES string of the molecule is Cc1cc(OCc2cccc(C(=O)NCCCn3cc(Br)cn3)c2)ccc1[N+](=O)[O-]. The number of carbonyl (C=O) groups is 1. The minimum absolute atomic E-state index is 0.0567. The molecule has 0 radical (unpaired) electrons. The summed E-state index contributed by atoms with van der Waals surface area (Å²) in [6.45, 7) is 3.18. The van der Waals surface area contributed by atoms with E-state index in [2.05, 4.69) is 26.3 Å². The van der Waals surface area contributed by atoms with Crippen LogP contribution in [-0.2, 0) is 13.2 Å². The van der Waals surface area contributed by atoms with Crippen LogP contribution in [0.25, 0.3) is 0 Å². The molecule has 0 aliphatic carbocycles. The van der Waals surface area contributed by atoms with Crippen molar-refractivity contribution >= 4 is 27.5 Å². The van der Waals surface area contributed by atoms with E-state index in [-0.39, 0.29) is 18.2 Å². The molecular weight excluding hydrogens is 452 g/mol. The Kier molecular flexibility index (Phi) is 7.18. The molecule has 1 heterocycles. The van der Waals surface area contributed by atoms with Crippen molar-refractivity contribution in [1.29, 1.82) is 0 Å². The summed E-state index contributed by atoms with van der Waals surface area (Å²) in [4.78, 5) is 22.9. The van der Waals surface area contributed by atoms with Crippen molar-refractivity contribution in [2.45, 2.75) is 26.5 Å². The minimum Gasteiger partial charge on any atom is -0.489 e. The molecule has 0 saturated heterocycles. The number of rotatable bonds is 9. The fourth-order valence-corrected chi connectivity index (χ4v) is 3.23. The van der Waals surface area contributed by atoms with E-state index in [0.29, 0.717) is 30.0 Å². The number of ether oxygens (including phenoxy) is 1. The number of nitrogens with one attached hydrogen (secondary N) is 1. The van der Waals surface area contributed by atoms with Gasteiger partial charge < -0.3 is 10.1 Å². The first-order valence-electron chi connectivity index (χ1n) is 9.35. The van der Waals surface area contributed by atoms with Crippen molar-refractivity contribution in [1.82, 2.24) is 15.1 Å². The number of nitrogens with zero attached hydrogens (tertiary/aromatic N) is 3. The van der Waals surface area contributed by atoms with Crippen LogP contribution in [0, 0.1) is 17.0 Å². The molecule has 9 heteroatoms. The van der Waals surface area contributed by atoms with Crippen molar-refractivity contribution in [2.24, 2.45) is 0 Å². The Balaban J connectivity index is 1.50. The number of hydrogen-bond donors (Lipinski definition) is 1. The highest BCUT2D eigenvalue weighted by molar-refractivity contribution is 9.10. The van der Waals surface area contributed by atoms with Gasteiger partial charge in [-0.05, 0) is 59.1 Å². The number of benzene rings is 2. The Morgan fingerprint density at radius 3 is 2.83 bits per heavy atom. The van der Waals surface area contributed by atoms with Crippen LogP contribution in [-0.4, -0.2) is 27.2 Å². The summed E-state index contributed by atoms with van der Waals surface area (Å²) < 4.78 is 8.46. The van der Waals surface area contributed by atoms with Gasteiger partial charge in [-0.2, -0.15) is 5.10 Å². The Morgan fingerprint density at radius 1 is 1.30 bits per heavy atom. The second-order valence-corrected chi connectivity index (χ2v) is 7.64. The van der Waals surface area contributed by atoms with Crippen LogP contribution in [0.2, 0.25) is 0 Å². The zero-order valence-electron chi connectivity index (χ0n) is 16.4. The topological polar surface area (TPSA) is 99.3 Å². The average molecular weight is 473 g/mol. The lowest BCUT2D eigenvalue weighted by molar-refractivity contribution is -0.385. The summed E-state index contributed by atoms with van der Waals surface area (Å²) in [7, 11) is 0. The van der Waals surface area contributed by atoms with Gasteiger partial charge in [0.2, 0.25) is 0 Å². The van der Waals surface area contributed by atoms with Gasteiger partial charge in [0.1, 0.15) is 12.4 Å². The number of aromatic nitrogens is 2. The van der Waals surface area contributed by atoms with E-state index >= 15 is 0 Å². The Labute approximate surface area is 182 Å². The van der Waals surface area contributed by atoms with Gasteiger partial charge in [-0.1, -0.05) is 12.1 Å². The second-order valence-electron chi connectivity index (χ2n) is 6.73. The third-order valence-electron chi connectivity index (χ3n) is 4.41. The predicted molar refractivity (Wildman–Crippen MR) is 115 cm³/mol. The van der Waals surface area contributed by atoms with Gasteiger partial charge in [0.15, 0.2) is 0 Å². The van der Waals surface area contributed by atoms with Crippen molar-refractivity contribution in [3.8, 4) is 5.75 Å². The largest absolute Gasteiger partial charge is 0.489 e. The molecule has 0 aliphatic heterocycles. The van der Waals surface area contributed by atoms with Gasteiger partial charge in [0.05, 0.1) is 15.6 Å². The highest BCUT2D eigenvalue weighted by Gasteiger charge is 2.11. The van der Waals surface area contributed by atoms with Crippen LogP contribution in [0.1, 0.15) is 27.9 Å². The first-order chi connectivity index (χ1) is 14.4. The smallest absolute Gasteiger partial charge is 0.272 e. The maximum Gasteiger partial charge on any atom is 0.272 e. The number of aryl methyl sites for hydroxylation is 2. The number of amides is 1. The summed E-state index contributed by atoms with van der Waals surface area (Å²) in [6, 6.07) is 11.8. The van der Waals surface area contributed by atoms with Crippen molar-refractivity contribution in [3.05, 3.63) is 86.1 Å². The standard InChI is InChI=1S/C21H21BrN4O4/c1-15-10-19(6-7-20(15)26(28)29)30-14-16-4-2-5-17(11-16)21(27)23-8-3-9-25-13-18(22)12-24-25/h2,4-7,10-13H,3,8-9,14H2,1H3,(H,23,27). The maximum atomic E-state index is 12.4. The van der Waals surface area contributed by atoms with Gasteiger partial charge in [0.25, 0.3) is 11.6 Å². The summed E-state index contributed by atoms with van der Waals surface area (Å²) in [6.07, 6.45) is 4.38. The molecule has 156 valence electrons. The summed E-state index contributed by atoms with van der Waals surface area (Å²) in [5, 5.41) is 18.0. The zero-order chi connectivity index (χ0) is 21.5. The van der Waals surface area contributed by atoms with Crippen molar-refractivity contribution in [2.75, 3.05) is 6.54 Å². The highest BCUT2D eigenvalue weighted by atomic mass is 79.9. The fourth-order valence-electron chi connectivity index (χ4n) is 2.90. The van der Waals surface area contributed by atoms with Gasteiger partial charge in [-0.25, -0.2) is 0 Å². The van der Waals surface area contributed by atoms with Crippen LogP contribution < -0.4 is 10.1 Å². The van der Waals surface area contributed by atoms with Gasteiger partial charge in [-0.15, -0.1) is 0 Å². The predicted octanol–water partition coefficient (Wildman–Crippen LogP) is 4.26. The van der Waals surface area contributed by atoms with Crippen molar-refractivity contribution < 1.29 is 14.5 Å². The molecule has 0 bridgehead atoms. The van der Waals surface area contributed by atoms with E-state index in [4.69, 9.17) is 4.74 Å². The number of nitro benzene ring substituents is 1. The highest BCUT2D eigenvalue weighted by Crippen LogP contribution is 2.23. The molecule has 0 aliphatic rings. The first-order valence-corrected chi connectivity index (χ1v) is 10.1. The fraction of sp³-hybridized carbons (Fsp3) is 0.238. The molecule has 8 nitrogen and oxygen atoms in total. The molecule has 3 aromatic rings. The van der Waals surface area contributed by atoms with Gasteiger partial charge in [-0.3, -0.25) is 19.6 Å². The second kappa shape index (κ2) is 10.0.